The molecule has 37 heavy (non-hydrogen) atoms. The van der Waals surface area contributed by atoms with Gasteiger partial charge in [-0.15, -0.1) is 5.11 Å². The van der Waals surface area contributed by atoms with E-state index in [1.165, 1.54) is 0 Å². The summed E-state index contributed by atoms with van der Waals surface area (Å²) in [6.07, 6.45) is 2.03. The number of nitrogens with zero attached hydrogens (tertiary/aromatic N) is 5. The second-order valence-corrected chi connectivity index (χ2v) is 9.52. The van der Waals surface area contributed by atoms with E-state index in [2.05, 4.69) is 56.5 Å². The smallest absolute Gasteiger partial charge is 0.175 e. The van der Waals surface area contributed by atoms with E-state index in [9.17, 15) is 0 Å². The molecule has 0 saturated heterocycles. The lowest BCUT2D eigenvalue weighted by Gasteiger charge is -2.08. The van der Waals surface area contributed by atoms with E-state index < -0.39 is 0 Å². The van der Waals surface area contributed by atoms with Gasteiger partial charge in [-0.3, -0.25) is 0 Å². The van der Waals surface area contributed by atoms with Crippen molar-refractivity contribution in [3.8, 4) is 28.1 Å². The standard InChI is InChI=1S/C31H22BrN5/c32-25-16-17-29-28(18-25)27(22-10-4-1-5-11-22)19-30(34-29)35-33-20-24-21-37(26-14-8-3-9-15-26)36-31(24)23-12-6-2-7-13-23/h1-19,21H,20H2. The van der Waals surface area contributed by atoms with Gasteiger partial charge in [0.25, 0.3) is 0 Å². The summed E-state index contributed by atoms with van der Waals surface area (Å²) in [5, 5.41) is 15.0. The number of benzene rings is 4. The van der Waals surface area contributed by atoms with Crippen LogP contribution < -0.4 is 0 Å². The van der Waals surface area contributed by atoms with Crippen molar-refractivity contribution in [1.29, 1.82) is 0 Å². The Bertz CT molecular complexity index is 1690. The molecule has 2 heterocycles. The molecule has 0 N–H and O–H groups in total. The van der Waals surface area contributed by atoms with Crippen LogP contribution in [0.1, 0.15) is 5.56 Å². The Hall–Kier alpha value is -4.42. The van der Waals surface area contributed by atoms with Gasteiger partial charge >= 0.3 is 0 Å². The Balaban J connectivity index is 1.37. The van der Waals surface area contributed by atoms with Gasteiger partial charge in [0.1, 0.15) is 0 Å². The van der Waals surface area contributed by atoms with E-state index in [4.69, 9.17) is 10.1 Å². The first-order valence-electron chi connectivity index (χ1n) is 12.0. The van der Waals surface area contributed by atoms with Crippen LogP contribution in [0.5, 0.6) is 0 Å². The van der Waals surface area contributed by atoms with Crippen molar-refractivity contribution in [2.45, 2.75) is 6.54 Å². The number of para-hydroxylation sites is 1. The molecular formula is C31H22BrN5. The first-order chi connectivity index (χ1) is 18.2. The normalized spacial score (nSPS) is 11.4. The summed E-state index contributed by atoms with van der Waals surface area (Å²) in [5.74, 6) is 0.574. The maximum Gasteiger partial charge on any atom is 0.175 e. The van der Waals surface area contributed by atoms with Crippen LogP contribution in [-0.4, -0.2) is 14.8 Å². The third kappa shape index (κ3) is 4.97. The fourth-order valence-corrected chi connectivity index (χ4v) is 4.71. The number of halogens is 1. The van der Waals surface area contributed by atoms with Crippen LogP contribution in [0.3, 0.4) is 0 Å². The van der Waals surface area contributed by atoms with E-state index in [0.717, 1.165) is 49.0 Å². The maximum absolute atomic E-state index is 4.87. The first kappa shape index (κ1) is 23.0. The summed E-state index contributed by atoms with van der Waals surface area (Å²) in [4.78, 5) is 4.76. The molecule has 0 aliphatic rings. The van der Waals surface area contributed by atoms with Gasteiger partial charge < -0.3 is 0 Å². The molecule has 0 saturated carbocycles. The van der Waals surface area contributed by atoms with Crippen LogP contribution in [0.15, 0.2) is 136 Å². The summed E-state index contributed by atoms with van der Waals surface area (Å²) in [7, 11) is 0. The van der Waals surface area contributed by atoms with Crippen LogP contribution in [0, 0.1) is 0 Å². The zero-order chi connectivity index (χ0) is 25.0. The molecule has 0 fully saturated rings. The van der Waals surface area contributed by atoms with Crippen molar-refractivity contribution in [3.05, 3.63) is 131 Å². The summed E-state index contributed by atoms with van der Waals surface area (Å²) in [5.41, 5.74) is 6.99. The topological polar surface area (TPSA) is 55.4 Å². The quantitative estimate of drug-likeness (QED) is 0.197. The summed E-state index contributed by atoms with van der Waals surface area (Å²) >= 11 is 3.59. The molecule has 6 rings (SSSR count). The lowest BCUT2D eigenvalue weighted by molar-refractivity contribution is 0.881. The van der Waals surface area contributed by atoms with Crippen molar-refractivity contribution in [2.24, 2.45) is 10.2 Å². The number of hydrogen-bond acceptors (Lipinski definition) is 4. The molecule has 0 aliphatic carbocycles. The van der Waals surface area contributed by atoms with E-state index in [-0.39, 0.29) is 0 Å². The van der Waals surface area contributed by atoms with Crippen molar-refractivity contribution in [2.75, 3.05) is 0 Å². The van der Waals surface area contributed by atoms with E-state index >= 15 is 0 Å². The molecule has 2 aromatic heterocycles. The minimum absolute atomic E-state index is 0.387. The number of pyridine rings is 1. The molecule has 0 atom stereocenters. The van der Waals surface area contributed by atoms with Gasteiger partial charge in [0.15, 0.2) is 5.82 Å². The average Bonchev–Trinajstić information content (AvgIpc) is 3.38. The molecule has 0 unspecified atom stereocenters. The molecular weight excluding hydrogens is 522 g/mol. The van der Waals surface area contributed by atoms with Crippen molar-refractivity contribution < 1.29 is 0 Å². The minimum Gasteiger partial charge on any atom is -0.240 e. The fourth-order valence-electron chi connectivity index (χ4n) is 4.35. The minimum atomic E-state index is 0.387. The Morgan fingerprint density at radius 3 is 2.14 bits per heavy atom. The van der Waals surface area contributed by atoms with Gasteiger partial charge in [0.2, 0.25) is 0 Å². The second-order valence-electron chi connectivity index (χ2n) is 8.60. The summed E-state index contributed by atoms with van der Waals surface area (Å²) in [6, 6.07) is 38.6. The predicted molar refractivity (Wildman–Crippen MR) is 152 cm³/mol. The zero-order valence-corrected chi connectivity index (χ0v) is 21.5. The zero-order valence-electron chi connectivity index (χ0n) is 19.9. The Morgan fingerprint density at radius 1 is 0.730 bits per heavy atom. The molecule has 6 aromatic rings. The summed E-state index contributed by atoms with van der Waals surface area (Å²) < 4.78 is 2.91. The largest absolute Gasteiger partial charge is 0.240 e. The molecule has 4 aromatic carbocycles. The van der Waals surface area contributed by atoms with Crippen LogP contribution >= 0.6 is 15.9 Å². The third-order valence-corrected chi connectivity index (χ3v) is 6.61. The molecule has 178 valence electrons. The van der Waals surface area contributed by atoms with E-state index in [1.54, 1.807) is 0 Å². The Morgan fingerprint density at radius 2 is 1.41 bits per heavy atom. The highest BCUT2D eigenvalue weighted by atomic mass is 79.9. The average molecular weight is 544 g/mol. The molecule has 5 nitrogen and oxygen atoms in total. The predicted octanol–water partition coefficient (Wildman–Crippen LogP) is 8.80. The number of aromatic nitrogens is 3. The molecule has 0 aliphatic heterocycles. The highest BCUT2D eigenvalue weighted by Crippen LogP contribution is 2.33. The first-order valence-corrected chi connectivity index (χ1v) is 12.8. The number of azo groups is 1. The molecule has 6 heteroatoms. The highest BCUT2D eigenvalue weighted by Gasteiger charge is 2.13. The monoisotopic (exact) mass is 543 g/mol. The van der Waals surface area contributed by atoms with Gasteiger partial charge in [0.05, 0.1) is 23.4 Å². The Labute approximate surface area is 223 Å². The van der Waals surface area contributed by atoms with Crippen LogP contribution in [0.2, 0.25) is 0 Å². The van der Waals surface area contributed by atoms with Gasteiger partial charge in [-0.2, -0.15) is 10.2 Å². The van der Waals surface area contributed by atoms with Crippen molar-refractivity contribution in [3.63, 3.8) is 0 Å². The van der Waals surface area contributed by atoms with E-state index in [1.807, 2.05) is 95.8 Å². The Kier molecular flexibility index (Phi) is 6.40. The van der Waals surface area contributed by atoms with Gasteiger partial charge in [-0.25, -0.2) is 9.67 Å². The van der Waals surface area contributed by atoms with Crippen LogP contribution in [0.4, 0.5) is 5.82 Å². The lowest BCUT2D eigenvalue weighted by atomic mass is 10.0. The van der Waals surface area contributed by atoms with Crippen LogP contribution in [-0.2, 0) is 6.54 Å². The molecule has 0 radical (unpaired) electrons. The number of rotatable bonds is 6. The van der Waals surface area contributed by atoms with Gasteiger partial charge in [0, 0.05) is 27.2 Å². The summed E-state index contributed by atoms with van der Waals surface area (Å²) in [6.45, 7) is 0.387. The third-order valence-electron chi connectivity index (χ3n) is 6.11. The van der Waals surface area contributed by atoms with Gasteiger partial charge in [-0.05, 0) is 47.5 Å². The van der Waals surface area contributed by atoms with Crippen molar-refractivity contribution in [1.82, 2.24) is 14.8 Å². The van der Waals surface area contributed by atoms with Crippen LogP contribution in [0.25, 0.3) is 39.0 Å². The maximum atomic E-state index is 4.87. The molecule has 0 spiro atoms. The van der Waals surface area contributed by atoms with Gasteiger partial charge in [-0.1, -0.05) is 94.8 Å². The number of fused-ring (bicyclic) bond motifs is 1. The highest BCUT2D eigenvalue weighted by molar-refractivity contribution is 9.10. The molecule has 0 bridgehead atoms. The SMILES string of the molecule is Brc1ccc2nc(N=NCc3cn(-c4ccccc4)nc3-c3ccccc3)cc(-c3ccccc3)c2c1. The number of hydrogen-bond donors (Lipinski definition) is 0. The lowest BCUT2D eigenvalue weighted by Crippen LogP contribution is -1.93. The second kappa shape index (κ2) is 10.3. The molecule has 0 amide bonds. The fraction of sp³-hybridized carbons (Fsp3) is 0.0323. The van der Waals surface area contributed by atoms with E-state index in [0.29, 0.717) is 12.4 Å². The van der Waals surface area contributed by atoms with Crippen molar-refractivity contribution >= 4 is 32.7 Å².